The average Bonchev–Trinajstić information content (AvgIpc) is 2.67. The van der Waals surface area contributed by atoms with E-state index in [9.17, 15) is 13.8 Å². The Morgan fingerprint density at radius 1 is 1.53 bits per heavy atom. The smallest absolute Gasteiger partial charge is 0.354 e. The van der Waals surface area contributed by atoms with Gasteiger partial charge in [-0.05, 0) is 19.9 Å². The van der Waals surface area contributed by atoms with Gasteiger partial charge in [-0.1, -0.05) is 0 Å². The first-order valence-corrected chi connectivity index (χ1v) is 7.23. The van der Waals surface area contributed by atoms with Crippen LogP contribution < -0.4 is 10.6 Å². The Kier molecular flexibility index (Phi) is 5.11. The highest BCUT2D eigenvalue weighted by molar-refractivity contribution is 7.84. The van der Waals surface area contributed by atoms with Crippen molar-refractivity contribution in [1.82, 2.24) is 10.3 Å². The molecule has 7 nitrogen and oxygen atoms in total. The number of carboxylic acid groups (broad SMARTS) is 1. The summed E-state index contributed by atoms with van der Waals surface area (Å²) in [6.07, 6.45) is 1.56. The molecule has 0 saturated heterocycles. The van der Waals surface area contributed by atoms with Gasteiger partial charge in [0.15, 0.2) is 0 Å². The molecule has 0 bridgehead atoms. The molecular weight excluding hydrogens is 270 g/mol. The number of aromatic carboxylic acids is 1. The van der Waals surface area contributed by atoms with Gasteiger partial charge >= 0.3 is 12.0 Å². The number of aromatic nitrogens is 1. The molecule has 1 heterocycles. The first-order chi connectivity index (χ1) is 8.81. The number of amides is 2. The zero-order chi connectivity index (χ0) is 14.6. The van der Waals surface area contributed by atoms with Gasteiger partial charge in [0.05, 0.1) is 5.69 Å². The van der Waals surface area contributed by atoms with Crippen molar-refractivity contribution < 1.29 is 18.9 Å². The van der Waals surface area contributed by atoms with Crippen LogP contribution in [-0.4, -0.2) is 44.4 Å². The molecule has 2 atom stereocenters. The van der Waals surface area contributed by atoms with Crippen LogP contribution in [0.5, 0.6) is 0 Å². The molecule has 1 rings (SSSR count). The van der Waals surface area contributed by atoms with Crippen molar-refractivity contribution in [3.05, 3.63) is 17.5 Å². The number of hydrogen-bond acceptors (Lipinski definition) is 3. The van der Waals surface area contributed by atoms with Gasteiger partial charge in [0.1, 0.15) is 5.69 Å². The van der Waals surface area contributed by atoms with E-state index in [0.717, 1.165) is 0 Å². The molecule has 0 aliphatic heterocycles. The molecule has 0 saturated carbocycles. The van der Waals surface area contributed by atoms with E-state index in [4.69, 9.17) is 5.11 Å². The SMILES string of the molecule is Cc1cc(NC(=O)NCC(C)S(C)=O)c(C(=O)O)[nH]1. The van der Waals surface area contributed by atoms with Crippen LogP contribution in [0.1, 0.15) is 23.1 Å². The van der Waals surface area contributed by atoms with Crippen LogP contribution >= 0.6 is 0 Å². The number of carbonyl (C=O) groups excluding carboxylic acids is 1. The summed E-state index contributed by atoms with van der Waals surface area (Å²) in [4.78, 5) is 25.2. The molecule has 4 N–H and O–H groups in total. The molecule has 0 aliphatic carbocycles. The normalized spacial score (nSPS) is 13.6. The van der Waals surface area contributed by atoms with Crippen LogP contribution in [0.2, 0.25) is 0 Å². The maximum Gasteiger partial charge on any atom is 0.354 e. The summed E-state index contributed by atoms with van der Waals surface area (Å²) in [5, 5.41) is 13.8. The summed E-state index contributed by atoms with van der Waals surface area (Å²) >= 11 is 0. The minimum atomic E-state index is -1.15. The second-order valence-electron chi connectivity index (χ2n) is 4.19. The molecule has 0 aromatic carbocycles. The van der Waals surface area contributed by atoms with Gasteiger partial charge in [0.25, 0.3) is 0 Å². The number of carbonyl (C=O) groups is 2. The largest absolute Gasteiger partial charge is 0.477 e. The van der Waals surface area contributed by atoms with Crippen molar-refractivity contribution >= 4 is 28.5 Å². The number of nitrogens with one attached hydrogen (secondary N) is 3. The molecule has 8 heteroatoms. The number of rotatable bonds is 5. The van der Waals surface area contributed by atoms with E-state index < -0.39 is 22.8 Å². The van der Waals surface area contributed by atoms with Gasteiger partial charge in [-0.3, -0.25) is 4.21 Å². The van der Waals surface area contributed by atoms with E-state index in [1.807, 2.05) is 0 Å². The fourth-order valence-electron chi connectivity index (χ4n) is 1.38. The molecule has 19 heavy (non-hydrogen) atoms. The molecule has 0 fully saturated rings. The minimum Gasteiger partial charge on any atom is -0.477 e. The summed E-state index contributed by atoms with van der Waals surface area (Å²) in [6, 6.07) is 1.00. The third-order valence-corrected chi connectivity index (χ3v) is 3.83. The molecule has 106 valence electrons. The van der Waals surface area contributed by atoms with E-state index in [0.29, 0.717) is 5.69 Å². The van der Waals surface area contributed by atoms with Gasteiger partial charge in [0, 0.05) is 34.5 Å². The maximum absolute atomic E-state index is 11.6. The maximum atomic E-state index is 11.6. The number of aromatic amines is 1. The Morgan fingerprint density at radius 2 is 2.16 bits per heavy atom. The van der Waals surface area contributed by atoms with Gasteiger partial charge in [-0.25, -0.2) is 9.59 Å². The predicted octanol–water partition coefficient (Wildman–Crippen LogP) is 0.910. The fourth-order valence-corrected chi connectivity index (χ4v) is 1.69. The van der Waals surface area contributed by atoms with Crippen molar-refractivity contribution in [2.75, 3.05) is 18.1 Å². The Morgan fingerprint density at radius 3 is 2.68 bits per heavy atom. The van der Waals surface area contributed by atoms with Crippen molar-refractivity contribution in [3.63, 3.8) is 0 Å². The molecule has 0 radical (unpaired) electrons. The molecule has 2 amide bonds. The zero-order valence-corrected chi connectivity index (χ0v) is 11.8. The van der Waals surface area contributed by atoms with Gasteiger partial charge in [0.2, 0.25) is 0 Å². The highest BCUT2D eigenvalue weighted by atomic mass is 32.2. The third-order valence-electron chi connectivity index (χ3n) is 2.53. The predicted molar refractivity (Wildman–Crippen MR) is 73.0 cm³/mol. The average molecular weight is 287 g/mol. The quantitative estimate of drug-likeness (QED) is 0.645. The van der Waals surface area contributed by atoms with E-state index in [1.54, 1.807) is 20.1 Å². The van der Waals surface area contributed by atoms with Crippen LogP contribution in [0.15, 0.2) is 6.07 Å². The number of hydrogen-bond donors (Lipinski definition) is 4. The van der Waals surface area contributed by atoms with Crippen LogP contribution in [-0.2, 0) is 10.8 Å². The molecular formula is C11H17N3O4S. The Hall–Kier alpha value is -1.83. The van der Waals surface area contributed by atoms with E-state index in [2.05, 4.69) is 15.6 Å². The molecule has 0 spiro atoms. The van der Waals surface area contributed by atoms with Crippen LogP contribution in [0, 0.1) is 6.92 Å². The van der Waals surface area contributed by atoms with Crippen molar-refractivity contribution in [3.8, 4) is 0 Å². The monoisotopic (exact) mass is 287 g/mol. The molecule has 1 aromatic heterocycles. The summed E-state index contributed by atoms with van der Waals surface area (Å²) in [5.41, 5.74) is 0.767. The Balaban J connectivity index is 2.62. The van der Waals surface area contributed by atoms with E-state index in [-0.39, 0.29) is 23.2 Å². The zero-order valence-electron chi connectivity index (χ0n) is 10.9. The highest BCUT2D eigenvalue weighted by Crippen LogP contribution is 2.16. The minimum absolute atomic E-state index is 0.0697. The van der Waals surface area contributed by atoms with Crippen LogP contribution in [0.3, 0.4) is 0 Å². The standard InChI is InChI=1S/C11H17N3O4S/c1-6-4-8(9(13-6)10(15)16)14-11(17)12-5-7(2)19(3)18/h4,7,13H,5H2,1-3H3,(H,15,16)(H2,12,14,17). The topological polar surface area (TPSA) is 111 Å². The summed E-state index contributed by atoms with van der Waals surface area (Å²) in [6.45, 7) is 3.69. The third kappa shape index (κ3) is 4.40. The number of carboxylic acids is 1. The van der Waals surface area contributed by atoms with E-state index >= 15 is 0 Å². The molecule has 1 aromatic rings. The number of urea groups is 1. The second kappa shape index (κ2) is 6.37. The first-order valence-electron chi connectivity index (χ1n) is 5.61. The van der Waals surface area contributed by atoms with Gasteiger partial charge in [-0.15, -0.1) is 0 Å². The van der Waals surface area contributed by atoms with Gasteiger partial charge in [-0.2, -0.15) is 0 Å². The first kappa shape index (κ1) is 15.2. The molecule has 0 aliphatic rings. The second-order valence-corrected chi connectivity index (χ2v) is 5.99. The fraction of sp³-hybridized carbons (Fsp3) is 0.455. The summed E-state index contributed by atoms with van der Waals surface area (Å²) < 4.78 is 11.1. The number of H-pyrrole nitrogens is 1. The highest BCUT2D eigenvalue weighted by Gasteiger charge is 2.15. The van der Waals surface area contributed by atoms with Crippen LogP contribution in [0.25, 0.3) is 0 Å². The Labute approximate surface area is 113 Å². The lowest BCUT2D eigenvalue weighted by Gasteiger charge is -2.10. The molecule has 2 unspecified atom stereocenters. The summed E-state index contributed by atoms with van der Waals surface area (Å²) in [7, 11) is -1.02. The van der Waals surface area contributed by atoms with Crippen molar-refractivity contribution in [2.45, 2.75) is 19.1 Å². The lowest BCUT2D eigenvalue weighted by atomic mass is 10.3. The Bertz CT molecular complexity index is 512. The van der Waals surface area contributed by atoms with Crippen molar-refractivity contribution in [1.29, 1.82) is 0 Å². The lowest BCUT2D eigenvalue weighted by molar-refractivity contribution is 0.0692. The van der Waals surface area contributed by atoms with Crippen LogP contribution in [0.4, 0.5) is 10.5 Å². The van der Waals surface area contributed by atoms with Gasteiger partial charge < -0.3 is 20.7 Å². The number of anilines is 1. The van der Waals surface area contributed by atoms with E-state index in [1.165, 1.54) is 6.07 Å². The lowest BCUT2D eigenvalue weighted by Crippen LogP contribution is -2.35. The number of aryl methyl sites for hydroxylation is 1. The van der Waals surface area contributed by atoms with Crippen molar-refractivity contribution in [2.24, 2.45) is 0 Å². The summed E-state index contributed by atoms with van der Waals surface area (Å²) in [5.74, 6) is -1.15.